The van der Waals surface area contributed by atoms with Gasteiger partial charge in [0.15, 0.2) is 0 Å². The summed E-state index contributed by atoms with van der Waals surface area (Å²) in [5.41, 5.74) is 2.73. The minimum atomic E-state index is -3.08. The molecule has 0 aliphatic heterocycles. The van der Waals surface area contributed by atoms with Crippen molar-refractivity contribution in [3.63, 3.8) is 0 Å². The third-order valence-corrected chi connectivity index (χ3v) is 4.03. The van der Waals surface area contributed by atoms with Crippen LogP contribution in [0.15, 0.2) is 12.1 Å². The molecule has 0 aliphatic rings. The average Bonchev–Trinajstić information content (AvgIpc) is 2.14. The van der Waals surface area contributed by atoms with E-state index >= 15 is 0 Å². The predicted molar refractivity (Wildman–Crippen MR) is 70.8 cm³/mol. The number of hydrogen-bond donors (Lipinski definition) is 0. The van der Waals surface area contributed by atoms with E-state index in [1.54, 1.807) is 7.11 Å². The zero-order valence-electron chi connectivity index (χ0n) is 10.5. The molecule has 0 radical (unpaired) electrons. The third-order valence-electron chi connectivity index (χ3n) is 2.50. The van der Waals surface area contributed by atoms with Crippen molar-refractivity contribution in [2.75, 3.05) is 19.1 Å². The van der Waals surface area contributed by atoms with E-state index in [1.165, 1.54) is 6.26 Å². The van der Waals surface area contributed by atoms with E-state index < -0.39 is 15.2 Å². The fourth-order valence-electron chi connectivity index (χ4n) is 1.85. The summed E-state index contributed by atoms with van der Waals surface area (Å²) in [5.74, 6) is 0.761. The molecular formula is C12H17ClO3S. The van der Waals surface area contributed by atoms with E-state index in [-0.39, 0.29) is 5.75 Å². The Morgan fingerprint density at radius 2 is 1.76 bits per heavy atom. The van der Waals surface area contributed by atoms with E-state index in [1.807, 2.05) is 26.0 Å². The molecule has 3 nitrogen and oxygen atoms in total. The predicted octanol–water partition coefficient (Wildman–Crippen LogP) is 2.64. The van der Waals surface area contributed by atoms with Gasteiger partial charge in [-0.2, -0.15) is 0 Å². The molecule has 0 bridgehead atoms. The summed E-state index contributed by atoms with van der Waals surface area (Å²) in [6.07, 6.45) is 1.19. The van der Waals surface area contributed by atoms with Crippen LogP contribution in [0.25, 0.3) is 0 Å². The van der Waals surface area contributed by atoms with Crippen molar-refractivity contribution in [3.05, 3.63) is 28.8 Å². The zero-order valence-corrected chi connectivity index (χ0v) is 12.0. The number of aryl methyl sites for hydroxylation is 2. The summed E-state index contributed by atoms with van der Waals surface area (Å²) < 4.78 is 27.6. The smallest absolute Gasteiger partial charge is 0.149 e. The van der Waals surface area contributed by atoms with Crippen LogP contribution in [-0.4, -0.2) is 27.5 Å². The van der Waals surface area contributed by atoms with Gasteiger partial charge in [0.1, 0.15) is 15.6 Å². The first-order chi connectivity index (χ1) is 7.74. The number of alkyl halides is 1. The number of methoxy groups -OCH3 is 1. The zero-order chi connectivity index (χ0) is 13.2. The van der Waals surface area contributed by atoms with Crippen LogP contribution in [-0.2, 0) is 9.84 Å². The van der Waals surface area contributed by atoms with E-state index in [4.69, 9.17) is 16.3 Å². The van der Waals surface area contributed by atoms with Crippen molar-refractivity contribution < 1.29 is 13.2 Å². The molecule has 0 aliphatic carbocycles. The van der Waals surface area contributed by atoms with Crippen molar-refractivity contribution in [2.24, 2.45) is 0 Å². The summed E-state index contributed by atoms with van der Waals surface area (Å²) in [6, 6.07) is 3.74. The van der Waals surface area contributed by atoms with Crippen LogP contribution < -0.4 is 4.74 Å². The third kappa shape index (κ3) is 3.89. The fraction of sp³-hybridized carbons (Fsp3) is 0.500. The van der Waals surface area contributed by atoms with Crippen molar-refractivity contribution in [1.29, 1.82) is 0 Å². The maximum atomic E-state index is 11.2. The fourth-order valence-corrected chi connectivity index (χ4v) is 3.39. The van der Waals surface area contributed by atoms with Crippen LogP contribution in [0.2, 0.25) is 0 Å². The number of sulfone groups is 1. The Morgan fingerprint density at radius 1 is 1.29 bits per heavy atom. The molecule has 1 aromatic rings. The Balaban J connectivity index is 3.08. The highest BCUT2D eigenvalue weighted by atomic mass is 35.5. The number of hydrogen-bond acceptors (Lipinski definition) is 3. The number of halogens is 1. The topological polar surface area (TPSA) is 43.4 Å². The lowest BCUT2D eigenvalue weighted by Crippen LogP contribution is -2.09. The lowest BCUT2D eigenvalue weighted by atomic mass is 10.0. The number of rotatable bonds is 4. The second-order valence-corrected chi connectivity index (χ2v) is 6.96. The van der Waals surface area contributed by atoms with Gasteiger partial charge in [-0.3, -0.25) is 0 Å². The van der Waals surface area contributed by atoms with Crippen LogP contribution in [0.3, 0.4) is 0 Å². The highest BCUT2D eigenvalue weighted by Gasteiger charge is 2.16. The van der Waals surface area contributed by atoms with Crippen LogP contribution >= 0.6 is 11.6 Å². The highest BCUT2D eigenvalue weighted by molar-refractivity contribution is 7.90. The summed E-state index contributed by atoms with van der Waals surface area (Å²) in [7, 11) is -1.46. The van der Waals surface area contributed by atoms with Crippen molar-refractivity contribution >= 4 is 21.4 Å². The minimum Gasteiger partial charge on any atom is -0.496 e. The first kappa shape index (κ1) is 14.3. The van der Waals surface area contributed by atoms with Crippen molar-refractivity contribution in [2.45, 2.75) is 19.2 Å². The SMILES string of the molecule is COc1c(C)cc(C(Cl)CS(C)(=O)=O)cc1C. The standard InChI is InChI=1S/C12H17ClO3S/c1-8-5-10(6-9(2)12(8)16-3)11(13)7-17(4,14)15/h5-6,11H,7H2,1-4H3. The maximum absolute atomic E-state index is 11.2. The van der Waals surface area contributed by atoms with E-state index in [9.17, 15) is 8.42 Å². The lowest BCUT2D eigenvalue weighted by Gasteiger charge is -2.14. The second kappa shape index (κ2) is 5.27. The largest absolute Gasteiger partial charge is 0.496 e. The number of ether oxygens (including phenoxy) is 1. The van der Waals surface area contributed by atoms with Gasteiger partial charge in [-0.1, -0.05) is 12.1 Å². The minimum absolute atomic E-state index is 0.0558. The summed E-state index contributed by atoms with van der Waals surface area (Å²) in [4.78, 5) is 0. The first-order valence-corrected chi connectivity index (χ1v) is 7.71. The molecule has 0 N–H and O–H groups in total. The van der Waals surface area contributed by atoms with Crippen molar-refractivity contribution in [1.82, 2.24) is 0 Å². The van der Waals surface area contributed by atoms with Gasteiger partial charge in [-0.15, -0.1) is 11.6 Å². The Morgan fingerprint density at radius 3 is 2.12 bits per heavy atom. The molecule has 1 rings (SSSR count). The van der Waals surface area contributed by atoms with Gasteiger partial charge in [0.25, 0.3) is 0 Å². The summed E-state index contributed by atoms with van der Waals surface area (Å²) >= 11 is 6.11. The molecule has 0 spiro atoms. The molecule has 1 atom stereocenters. The maximum Gasteiger partial charge on any atom is 0.149 e. The quantitative estimate of drug-likeness (QED) is 0.794. The second-order valence-electron chi connectivity index (χ2n) is 4.25. The molecule has 1 aromatic carbocycles. The van der Waals surface area contributed by atoms with Crippen LogP contribution in [0, 0.1) is 13.8 Å². The molecule has 17 heavy (non-hydrogen) atoms. The van der Waals surface area contributed by atoms with Gasteiger partial charge < -0.3 is 4.74 Å². The average molecular weight is 277 g/mol. The van der Waals surface area contributed by atoms with Gasteiger partial charge in [0, 0.05) is 6.26 Å². The monoisotopic (exact) mass is 276 g/mol. The first-order valence-electron chi connectivity index (χ1n) is 5.21. The van der Waals surface area contributed by atoms with E-state index in [0.29, 0.717) is 0 Å². The van der Waals surface area contributed by atoms with Gasteiger partial charge in [0.05, 0.1) is 18.2 Å². The summed E-state index contributed by atoms with van der Waals surface area (Å²) in [6.45, 7) is 3.83. The van der Waals surface area contributed by atoms with Gasteiger partial charge in [-0.05, 0) is 30.5 Å². The Bertz CT molecular complexity index is 485. The molecule has 5 heteroatoms. The van der Waals surface area contributed by atoms with Crippen LogP contribution in [0.4, 0.5) is 0 Å². The molecule has 1 unspecified atom stereocenters. The molecule has 0 aromatic heterocycles. The molecule has 0 amide bonds. The molecule has 96 valence electrons. The van der Waals surface area contributed by atoms with Gasteiger partial charge in [-0.25, -0.2) is 8.42 Å². The molecule has 0 heterocycles. The molecule has 0 saturated carbocycles. The van der Waals surface area contributed by atoms with Crippen molar-refractivity contribution in [3.8, 4) is 5.75 Å². The molecular weight excluding hydrogens is 260 g/mol. The Kier molecular flexibility index (Phi) is 4.44. The Hall–Kier alpha value is -0.740. The molecule has 0 fully saturated rings. The lowest BCUT2D eigenvalue weighted by molar-refractivity contribution is 0.408. The summed E-state index contributed by atoms with van der Waals surface area (Å²) in [5, 5.41) is -0.520. The highest BCUT2D eigenvalue weighted by Crippen LogP contribution is 2.30. The van der Waals surface area contributed by atoms with Gasteiger partial charge >= 0.3 is 0 Å². The van der Waals surface area contributed by atoms with E-state index in [0.717, 1.165) is 22.4 Å². The van der Waals surface area contributed by atoms with Gasteiger partial charge in [0.2, 0.25) is 0 Å². The van der Waals surface area contributed by atoms with E-state index in [2.05, 4.69) is 0 Å². The number of benzene rings is 1. The molecule has 0 saturated heterocycles. The van der Waals surface area contributed by atoms with Crippen LogP contribution in [0.1, 0.15) is 22.1 Å². The van der Waals surface area contributed by atoms with Crippen LogP contribution in [0.5, 0.6) is 5.75 Å². The normalized spacial score (nSPS) is 13.5. The Labute approximate surface area is 108 Å².